The van der Waals surface area contributed by atoms with Crippen LogP contribution in [0.1, 0.15) is 49.2 Å². The monoisotopic (exact) mass is 497 g/mol. The molecular formula is C28H31N7O2. The van der Waals surface area contributed by atoms with Gasteiger partial charge in [0.05, 0.1) is 6.04 Å². The Morgan fingerprint density at radius 3 is 2.41 bits per heavy atom. The molecule has 5 rings (SSSR count). The van der Waals surface area contributed by atoms with Crippen molar-refractivity contribution in [1.82, 2.24) is 34.9 Å². The number of aromatic amines is 1. The summed E-state index contributed by atoms with van der Waals surface area (Å²) in [6, 6.07) is 15.6. The Balaban J connectivity index is 1.52. The highest BCUT2D eigenvalue weighted by molar-refractivity contribution is 5.82. The molecule has 9 heteroatoms. The fraction of sp³-hybridized carbons (Fsp3) is 0.321. The second-order valence-electron chi connectivity index (χ2n) is 9.64. The largest absolute Gasteiger partial charge is 0.347 e. The molecule has 0 aliphatic carbocycles. The third-order valence-corrected chi connectivity index (χ3v) is 6.90. The molecule has 0 saturated heterocycles. The third kappa shape index (κ3) is 4.41. The van der Waals surface area contributed by atoms with Crippen LogP contribution in [0.4, 0.5) is 0 Å². The van der Waals surface area contributed by atoms with Crippen molar-refractivity contribution in [2.45, 2.75) is 45.2 Å². The first-order chi connectivity index (χ1) is 17.9. The lowest BCUT2D eigenvalue weighted by Crippen LogP contribution is -2.40. The molecule has 2 aromatic carbocycles. The van der Waals surface area contributed by atoms with Crippen LogP contribution in [0.3, 0.4) is 0 Å². The molecular weight excluding hydrogens is 466 g/mol. The SMILES string of the molecule is CCCc1c(Cc2ccc(-c3ccccc3-c3nnn[nH]3)cc2)c(=O)n2n1C(C)C=CC2C(=O)N(C)C. The topological polar surface area (TPSA) is 102 Å². The van der Waals surface area contributed by atoms with E-state index in [1.807, 2.05) is 41.1 Å². The number of fused-ring (bicyclic) bond motifs is 1. The second-order valence-corrected chi connectivity index (χ2v) is 9.64. The molecule has 1 aliphatic heterocycles. The Morgan fingerprint density at radius 1 is 1.03 bits per heavy atom. The highest BCUT2D eigenvalue weighted by Gasteiger charge is 2.32. The van der Waals surface area contributed by atoms with E-state index in [4.69, 9.17) is 0 Å². The minimum atomic E-state index is -0.632. The molecule has 0 radical (unpaired) electrons. The average Bonchev–Trinajstić information content (AvgIpc) is 3.53. The fourth-order valence-electron chi connectivity index (χ4n) is 5.11. The van der Waals surface area contributed by atoms with Crippen molar-refractivity contribution in [3.8, 4) is 22.5 Å². The Kier molecular flexibility index (Phi) is 6.60. The lowest BCUT2D eigenvalue weighted by molar-refractivity contribution is -0.131. The van der Waals surface area contributed by atoms with Gasteiger partial charge in [0, 0.05) is 37.3 Å². The average molecular weight is 498 g/mol. The molecule has 2 unspecified atom stereocenters. The van der Waals surface area contributed by atoms with Crippen molar-refractivity contribution in [2.75, 3.05) is 14.1 Å². The van der Waals surface area contributed by atoms with Gasteiger partial charge in [-0.15, -0.1) is 5.10 Å². The van der Waals surface area contributed by atoms with Gasteiger partial charge in [-0.3, -0.25) is 14.3 Å². The van der Waals surface area contributed by atoms with E-state index in [-0.39, 0.29) is 17.5 Å². The van der Waals surface area contributed by atoms with Crippen LogP contribution in [0, 0.1) is 0 Å². The molecule has 0 spiro atoms. The van der Waals surface area contributed by atoms with E-state index in [0.29, 0.717) is 12.2 Å². The van der Waals surface area contributed by atoms with Crippen molar-refractivity contribution < 1.29 is 4.79 Å². The first kappa shape index (κ1) is 24.4. The molecule has 0 fully saturated rings. The number of nitrogens with one attached hydrogen (secondary N) is 1. The summed E-state index contributed by atoms with van der Waals surface area (Å²) in [5.74, 6) is 0.504. The highest BCUT2D eigenvalue weighted by Crippen LogP contribution is 2.31. The standard InChI is InChI=1S/C28H31N7O2/c1-5-8-24-23(27(36)35-25(28(37)33(3)4)16-11-18(2)34(24)35)17-19-12-14-20(15-13-19)21-9-6-7-10-22(21)26-29-31-32-30-26/h6-7,9-16,18,25H,5,8,17H2,1-4H3,(H,29,30,31,32). The summed E-state index contributed by atoms with van der Waals surface area (Å²) in [5.41, 5.74) is 5.68. The van der Waals surface area contributed by atoms with Crippen LogP contribution < -0.4 is 5.56 Å². The fourth-order valence-corrected chi connectivity index (χ4v) is 5.11. The molecule has 9 nitrogen and oxygen atoms in total. The molecule has 1 N–H and O–H groups in total. The van der Waals surface area contributed by atoms with Crippen LogP contribution in [-0.2, 0) is 17.6 Å². The van der Waals surface area contributed by atoms with Gasteiger partial charge in [0.1, 0.15) is 0 Å². The Labute approximate surface area is 215 Å². The summed E-state index contributed by atoms with van der Waals surface area (Å²) < 4.78 is 3.69. The van der Waals surface area contributed by atoms with Crippen LogP contribution in [0.2, 0.25) is 0 Å². The number of carbonyl (C=O) groups is 1. The van der Waals surface area contributed by atoms with Gasteiger partial charge in [-0.2, -0.15) is 0 Å². The van der Waals surface area contributed by atoms with Gasteiger partial charge in [-0.25, -0.2) is 9.78 Å². The predicted octanol–water partition coefficient (Wildman–Crippen LogP) is 3.80. The normalized spacial score (nSPS) is 16.5. The van der Waals surface area contributed by atoms with Crippen LogP contribution in [0.25, 0.3) is 22.5 Å². The first-order valence-corrected chi connectivity index (χ1v) is 12.6. The summed E-state index contributed by atoms with van der Waals surface area (Å²) in [5, 5.41) is 14.3. The van der Waals surface area contributed by atoms with E-state index in [9.17, 15) is 9.59 Å². The first-order valence-electron chi connectivity index (χ1n) is 12.6. The molecule has 1 aliphatic rings. The van der Waals surface area contributed by atoms with Crippen molar-refractivity contribution in [3.05, 3.63) is 87.9 Å². The van der Waals surface area contributed by atoms with Crippen molar-refractivity contribution >= 4 is 5.91 Å². The number of carbonyl (C=O) groups excluding carboxylic acids is 1. The molecule has 2 atom stereocenters. The maximum absolute atomic E-state index is 13.8. The molecule has 2 aromatic heterocycles. The molecule has 37 heavy (non-hydrogen) atoms. The van der Waals surface area contributed by atoms with E-state index in [1.165, 1.54) is 0 Å². The maximum Gasteiger partial charge on any atom is 0.271 e. The smallest absolute Gasteiger partial charge is 0.271 e. The number of aromatic nitrogens is 6. The van der Waals surface area contributed by atoms with E-state index < -0.39 is 6.04 Å². The number of benzene rings is 2. The minimum Gasteiger partial charge on any atom is -0.347 e. The lowest BCUT2D eigenvalue weighted by Gasteiger charge is -2.29. The van der Waals surface area contributed by atoms with E-state index in [2.05, 4.69) is 58.7 Å². The van der Waals surface area contributed by atoms with Crippen LogP contribution in [-0.4, -0.2) is 54.9 Å². The van der Waals surface area contributed by atoms with Crippen LogP contribution in [0.15, 0.2) is 65.5 Å². The number of likely N-dealkylation sites (N-methyl/N-ethyl adjacent to an activating group) is 1. The predicted molar refractivity (Wildman–Crippen MR) is 142 cm³/mol. The van der Waals surface area contributed by atoms with E-state index >= 15 is 0 Å². The number of H-pyrrole nitrogens is 1. The molecule has 190 valence electrons. The van der Waals surface area contributed by atoms with Crippen molar-refractivity contribution in [2.24, 2.45) is 0 Å². The van der Waals surface area contributed by atoms with Crippen molar-refractivity contribution in [3.63, 3.8) is 0 Å². The number of nitrogens with zero attached hydrogens (tertiary/aromatic N) is 6. The highest BCUT2D eigenvalue weighted by atomic mass is 16.2. The summed E-state index contributed by atoms with van der Waals surface area (Å²) in [6.07, 6.45) is 6.06. The zero-order chi connectivity index (χ0) is 26.1. The zero-order valence-corrected chi connectivity index (χ0v) is 21.5. The molecule has 1 amide bonds. The number of rotatable bonds is 7. The molecule has 0 saturated carbocycles. The summed E-state index contributed by atoms with van der Waals surface area (Å²) in [6.45, 7) is 4.17. The quantitative estimate of drug-likeness (QED) is 0.392. The van der Waals surface area contributed by atoms with Gasteiger partial charge in [0.2, 0.25) is 0 Å². The number of hydrogen-bond donors (Lipinski definition) is 1. The van der Waals surface area contributed by atoms with Crippen molar-refractivity contribution in [1.29, 1.82) is 0 Å². The van der Waals surface area contributed by atoms with Gasteiger partial charge in [0.25, 0.3) is 11.5 Å². The number of hydrogen-bond acceptors (Lipinski definition) is 5. The van der Waals surface area contributed by atoms with Crippen LogP contribution >= 0.6 is 0 Å². The number of amides is 1. The Morgan fingerprint density at radius 2 is 1.76 bits per heavy atom. The molecule has 0 bridgehead atoms. The van der Waals surface area contributed by atoms with Gasteiger partial charge in [0.15, 0.2) is 11.9 Å². The van der Waals surface area contributed by atoms with E-state index in [0.717, 1.165) is 46.4 Å². The lowest BCUT2D eigenvalue weighted by atomic mass is 9.96. The van der Waals surface area contributed by atoms with Gasteiger partial charge in [-0.1, -0.05) is 74.0 Å². The second kappa shape index (κ2) is 10.0. The number of allylic oxidation sites excluding steroid dienone is 1. The summed E-state index contributed by atoms with van der Waals surface area (Å²) >= 11 is 0. The van der Waals surface area contributed by atoms with Gasteiger partial charge in [-0.05, 0) is 40.5 Å². The van der Waals surface area contributed by atoms with Gasteiger partial charge >= 0.3 is 0 Å². The summed E-state index contributed by atoms with van der Waals surface area (Å²) in [7, 11) is 3.44. The minimum absolute atomic E-state index is 0.00123. The molecule has 4 aromatic rings. The van der Waals surface area contributed by atoms with E-state index in [1.54, 1.807) is 23.7 Å². The molecule has 3 heterocycles. The number of tetrazole rings is 1. The maximum atomic E-state index is 13.8. The Hall–Kier alpha value is -4.27. The van der Waals surface area contributed by atoms with Gasteiger partial charge < -0.3 is 4.90 Å². The Bertz CT molecular complexity index is 1490. The summed E-state index contributed by atoms with van der Waals surface area (Å²) in [4.78, 5) is 28.2. The zero-order valence-electron chi connectivity index (χ0n) is 21.5. The van der Waals surface area contributed by atoms with Crippen LogP contribution in [0.5, 0.6) is 0 Å². The third-order valence-electron chi connectivity index (χ3n) is 6.90.